The van der Waals surface area contributed by atoms with E-state index in [9.17, 15) is 14.4 Å². The second kappa shape index (κ2) is 11.3. The molecule has 0 aliphatic carbocycles. The van der Waals surface area contributed by atoms with Crippen molar-refractivity contribution in [1.29, 1.82) is 0 Å². The predicted octanol–water partition coefficient (Wildman–Crippen LogP) is 3.92. The number of esters is 2. The molecular formula is C22H27NO6S. The summed E-state index contributed by atoms with van der Waals surface area (Å²) in [6.45, 7) is 7.80. The zero-order valence-electron chi connectivity index (χ0n) is 17.7. The van der Waals surface area contributed by atoms with Gasteiger partial charge in [-0.05, 0) is 50.5 Å². The minimum atomic E-state index is -0.517. The third kappa shape index (κ3) is 6.32. The highest BCUT2D eigenvalue weighted by atomic mass is 32.1. The van der Waals surface area contributed by atoms with Crippen LogP contribution in [0.1, 0.15) is 47.1 Å². The van der Waals surface area contributed by atoms with Gasteiger partial charge >= 0.3 is 11.9 Å². The van der Waals surface area contributed by atoms with E-state index in [0.717, 1.165) is 28.2 Å². The lowest BCUT2D eigenvalue weighted by molar-refractivity contribution is -0.146. The lowest BCUT2D eigenvalue weighted by atomic mass is 10.1. The van der Waals surface area contributed by atoms with Gasteiger partial charge < -0.3 is 19.5 Å². The summed E-state index contributed by atoms with van der Waals surface area (Å²) < 4.78 is 15.5. The second-order valence-electron chi connectivity index (χ2n) is 6.39. The first-order valence-corrected chi connectivity index (χ1v) is 10.7. The molecule has 0 spiro atoms. The summed E-state index contributed by atoms with van der Waals surface area (Å²) in [5.74, 6) is -0.779. The molecule has 1 aromatic heterocycles. The third-order valence-electron chi connectivity index (χ3n) is 4.25. The van der Waals surface area contributed by atoms with Gasteiger partial charge in [-0.25, -0.2) is 4.79 Å². The molecule has 0 aliphatic heterocycles. The number of amides is 1. The fourth-order valence-corrected chi connectivity index (χ4v) is 3.98. The maximum absolute atomic E-state index is 12.3. The molecule has 8 heteroatoms. The number of benzene rings is 1. The summed E-state index contributed by atoms with van der Waals surface area (Å²) in [5.41, 5.74) is 1.91. The molecule has 0 aliphatic rings. The first-order chi connectivity index (χ1) is 14.4. The second-order valence-corrected chi connectivity index (χ2v) is 7.50. The number of hydrogen-bond acceptors (Lipinski definition) is 7. The molecule has 1 N–H and O–H groups in total. The van der Waals surface area contributed by atoms with E-state index in [1.54, 1.807) is 31.2 Å². The van der Waals surface area contributed by atoms with Crippen molar-refractivity contribution in [2.45, 2.75) is 40.5 Å². The summed E-state index contributed by atoms with van der Waals surface area (Å²) in [6, 6.07) is 7.11. The Hall–Kier alpha value is -2.87. The number of nitrogens with one attached hydrogen (secondary N) is 1. The van der Waals surface area contributed by atoms with E-state index in [4.69, 9.17) is 14.2 Å². The highest BCUT2D eigenvalue weighted by Crippen LogP contribution is 2.34. The molecule has 1 aromatic carbocycles. The number of carbonyl (C=O) groups is 3. The standard InChI is InChI=1S/C22H27NO6S/c1-5-17-14(4)20(22(26)28-7-3)21(30-17)23-18(24)13-29-19(25)12-15-8-10-16(11-9-15)27-6-2/h8-11H,5-7,12-13H2,1-4H3,(H,23,24). The molecule has 30 heavy (non-hydrogen) atoms. The van der Waals surface area contributed by atoms with Gasteiger partial charge in [0.15, 0.2) is 6.61 Å². The van der Waals surface area contributed by atoms with Gasteiger partial charge in [-0.2, -0.15) is 0 Å². The van der Waals surface area contributed by atoms with Gasteiger partial charge in [0.25, 0.3) is 5.91 Å². The van der Waals surface area contributed by atoms with Gasteiger partial charge in [-0.15, -0.1) is 11.3 Å². The molecule has 0 fully saturated rings. The van der Waals surface area contributed by atoms with Gasteiger partial charge in [0, 0.05) is 4.88 Å². The predicted molar refractivity (Wildman–Crippen MR) is 115 cm³/mol. The highest BCUT2D eigenvalue weighted by Gasteiger charge is 2.23. The average Bonchev–Trinajstić information content (AvgIpc) is 3.03. The minimum absolute atomic E-state index is 0.0475. The average molecular weight is 434 g/mol. The zero-order valence-corrected chi connectivity index (χ0v) is 18.5. The molecule has 0 atom stereocenters. The van der Waals surface area contributed by atoms with Gasteiger partial charge in [-0.3, -0.25) is 9.59 Å². The molecule has 7 nitrogen and oxygen atoms in total. The number of rotatable bonds is 10. The molecule has 0 saturated carbocycles. The third-order valence-corrected chi connectivity index (χ3v) is 5.60. The first-order valence-electron chi connectivity index (χ1n) is 9.86. The number of hydrogen-bond donors (Lipinski definition) is 1. The van der Waals surface area contributed by atoms with Crippen molar-refractivity contribution in [3.8, 4) is 5.75 Å². The molecule has 162 valence electrons. The Morgan fingerprint density at radius 1 is 1.00 bits per heavy atom. The van der Waals surface area contributed by atoms with Crippen LogP contribution < -0.4 is 10.1 Å². The van der Waals surface area contributed by atoms with E-state index in [0.29, 0.717) is 17.2 Å². The summed E-state index contributed by atoms with van der Waals surface area (Å²) in [5, 5.41) is 3.08. The Bertz CT molecular complexity index is 888. The number of anilines is 1. The van der Waals surface area contributed by atoms with Crippen LogP contribution in [0.4, 0.5) is 5.00 Å². The SMILES string of the molecule is CCOC(=O)c1c(NC(=O)COC(=O)Cc2ccc(OCC)cc2)sc(CC)c1C. The van der Waals surface area contributed by atoms with Crippen molar-refractivity contribution in [2.24, 2.45) is 0 Å². The van der Waals surface area contributed by atoms with Crippen LogP contribution in [0.5, 0.6) is 5.75 Å². The first kappa shape index (κ1) is 23.4. The lowest BCUT2D eigenvalue weighted by Crippen LogP contribution is -2.22. The normalized spacial score (nSPS) is 10.4. The Morgan fingerprint density at radius 2 is 1.70 bits per heavy atom. The molecule has 1 amide bonds. The van der Waals surface area contributed by atoms with Gasteiger partial charge in [-0.1, -0.05) is 19.1 Å². The van der Waals surface area contributed by atoms with E-state index >= 15 is 0 Å². The largest absolute Gasteiger partial charge is 0.494 e. The summed E-state index contributed by atoms with van der Waals surface area (Å²) in [7, 11) is 0. The summed E-state index contributed by atoms with van der Waals surface area (Å²) in [6.07, 6.45) is 0.779. The number of thiophene rings is 1. The quantitative estimate of drug-likeness (QED) is 0.571. The number of aryl methyl sites for hydroxylation is 1. The van der Waals surface area contributed by atoms with Crippen molar-refractivity contribution in [3.05, 3.63) is 45.8 Å². The van der Waals surface area contributed by atoms with Crippen LogP contribution in [0.3, 0.4) is 0 Å². The molecule has 2 rings (SSSR count). The molecule has 0 radical (unpaired) electrons. The smallest absolute Gasteiger partial charge is 0.341 e. The van der Waals surface area contributed by atoms with Crippen LogP contribution in [0.25, 0.3) is 0 Å². The topological polar surface area (TPSA) is 90.9 Å². The molecule has 1 heterocycles. The Morgan fingerprint density at radius 3 is 2.30 bits per heavy atom. The summed E-state index contributed by atoms with van der Waals surface area (Å²) >= 11 is 1.33. The maximum atomic E-state index is 12.3. The maximum Gasteiger partial charge on any atom is 0.341 e. The highest BCUT2D eigenvalue weighted by molar-refractivity contribution is 7.17. The van der Waals surface area contributed by atoms with Gasteiger partial charge in [0.05, 0.1) is 25.2 Å². The van der Waals surface area contributed by atoms with Crippen molar-refractivity contribution in [2.75, 3.05) is 25.1 Å². The molecule has 0 saturated heterocycles. The Kier molecular flexibility index (Phi) is 8.86. The van der Waals surface area contributed by atoms with Crippen molar-refractivity contribution < 1.29 is 28.6 Å². The van der Waals surface area contributed by atoms with E-state index in [2.05, 4.69) is 5.32 Å². The van der Waals surface area contributed by atoms with Crippen molar-refractivity contribution >= 4 is 34.2 Å². The number of carbonyl (C=O) groups excluding carboxylic acids is 3. The fraction of sp³-hybridized carbons (Fsp3) is 0.409. The minimum Gasteiger partial charge on any atom is -0.494 e. The van der Waals surface area contributed by atoms with E-state index in [1.165, 1.54) is 11.3 Å². The van der Waals surface area contributed by atoms with E-state index in [-0.39, 0.29) is 13.0 Å². The van der Waals surface area contributed by atoms with Gasteiger partial charge in [0.1, 0.15) is 10.8 Å². The van der Waals surface area contributed by atoms with Crippen LogP contribution in [0, 0.1) is 6.92 Å². The van der Waals surface area contributed by atoms with Crippen LogP contribution in [-0.2, 0) is 31.9 Å². The van der Waals surface area contributed by atoms with Crippen LogP contribution in [0.15, 0.2) is 24.3 Å². The Balaban J connectivity index is 1.94. The zero-order chi connectivity index (χ0) is 22.1. The van der Waals surface area contributed by atoms with E-state index in [1.807, 2.05) is 20.8 Å². The molecule has 2 aromatic rings. The van der Waals surface area contributed by atoms with Crippen LogP contribution in [0.2, 0.25) is 0 Å². The van der Waals surface area contributed by atoms with Crippen molar-refractivity contribution in [3.63, 3.8) is 0 Å². The lowest BCUT2D eigenvalue weighted by Gasteiger charge is -2.08. The monoisotopic (exact) mass is 433 g/mol. The molecule has 0 bridgehead atoms. The Labute approximate surface area is 180 Å². The number of ether oxygens (including phenoxy) is 3. The van der Waals surface area contributed by atoms with Gasteiger partial charge in [0.2, 0.25) is 0 Å². The molecular weight excluding hydrogens is 406 g/mol. The molecule has 0 unspecified atom stereocenters. The summed E-state index contributed by atoms with van der Waals surface area (Å²) in [4.78, 5) is 37.6. The van der Waals surface area contributed by atoms with E-state index < -0.39 is 24.5 Å². The fourth-order valence-electron chi connectivity index (χ4n) is 2.83. The van der Waals surface area contributed by atoms with Crippen LogP contribution in [-0.4, -0.2) is 37.7 Å². The van der Waals surface area contributed by atoms with Crippen LogP contribution >= 0.6 is 11.3 Å². The van der Waals surface area contributed by atoms with Crippen molar-refractivity contribution in [1.82, 2.24) is 0 Å².